The van der Waals surface area contributed by atoms with Crippen LogP contribution in [0.5, 0.6) is 0 Å². The van der Waals surface area contributed by atoms with E-state index in [1.165, 1.54) is 19.3 Å². The van der Waals surface area contributed by atoms with Gasteiger partial charge in [0.05, 0.1) is 6.61 Å². The number of rotatable bonds is 7. The van der Waals surface area contributed by atoms with Crippen molar-refractivity contribution in [2.45, 2.75) is 38.6 Å². The Labute approximate surface area is 92.3 Å². The van der Waals surface area contributed by atoms with Crippen LogP contribution in [0.1, 0.15) is 32.6 Å². The molecular weight excluding hydrogens is 198 g/mol. The van der Waals surface area contributed by atoms with Gasteiger partial charge in [0.15, 0.2) is 0 Å². The lowest BCUT2D eigenvalue weighted by molar-refractivity contribution is 0.189. The van der Waals surface area contributed by atoms with Crippen LogP contribution in [-0.2, 0) is 4.74 Å². The van der Waals surface area contributed by atoms with E-state index in [-0.39, 0.29) is 0 Å². The van der Waals surface area contributed by atoms with Gasteiger partial charge in [0.1, 0.15) is 0 Å². The fourth-order valence-electron chi connectivity index (χ4n) is 1.94. The van der Waals surface area contributed by atoms with Crippen molar-refractivity contribution in [1.82, 2.24) is 5.32 Å². The predicted molar refractivity (Wildman–Crippen MR) is 61.0 cm³/mol. The molecule has 0 amide bonds. The smallest absolute Gasteiger partial charge is 0.0620 e. The second-order valence-corrected chi connectivity index (χ2v) is 4.48. The second-order valence-electron chi connectivity index (χ2n) is 4.10. The lowest BCUT2D eigenvalue weighted by Gasteiger charge is -2.18. The molecule has 2 unspecified atom stereocenters. The zero-order valence-corrected chi connectivity index (χ0v) is 9.85. The molecule has 14 heavy (non-hydrogen) atoms. The Bertz CT molecular complexity index is 131. The zero-order valence-electron chi connectivity index (χ0n) is 9.10. The van der Waals surface area contributed by atoms with Crippen LogP contribution < -0.4 is 5.32 Å². The van der Waals surface area contributed by atoms with Gasteiger partial charge in [-0.15, -0.1) is 11.6 Å². The van der Waals surface area contributed by atoms with Gasteiger partial charge in [-0.25, -0.2) is 0 Å². The van der Waals surface area contributed by atoms with E-state index in [1.54, 1.807) is 0 Å². The number of nitrogens with one attached hydrogen (secondary N) is 1. The molecule has 0 saturated carbocycles. The predicted octanol–water partition coefficient (Wildman–Crippen LogP) is 2.41. The molecule has 0 aromatic rings. The first-order valence-electron chi connectivity index (χ1n) is 5.74. The third-order valence-corrected chi connectivity index (χ3v) is 3.06. The Morgan fingerprint density at radius 2 is 2.36 bits per heavy atom. The number of ether oxygens (including phenoxy) is 1. The van der Waals surface area contributed by atoms with E-state index >= 15 is 0 Å². The third kappa shape index (κ3) is 4.63. The minimum Gasteiger partial charge on any atom is -0.380 e. The largest absolute Gasteiger partial charge is 0.380 e. The van der Waals surface area contributed by atoms with Gasteiger partial charge in [0.2, 0.25) is 0 Å². The van der Waals surface area contributed by atoms with Gasteiger partial charge in [-0.05, 0) is 31.7 Å². The molecule has 0 radical (unpaired) electrons. The summed E-state index contributed by atoms with van der Waals surface area (Å²) in [5.41, 5.74) is 0. The van der Waals surface area contributed by atoms with Crippen LogP contribution in [-0.4, -0.2) is 31.7 Å². The zero-order chi connectivity index (χ0) is 10.2. The van der Waals surface area contributed by atoms with Gasteiger partial charge in [0.25, 0.3) is 0 Å². The maximum Gasteiger partial charge on any atom is 0.0620 e. The molecule has 1 heterocycles. The molecule has 0 aromatic carbocycles. The monoisotopic (exact) mass is 219 g/mol. The van der Waals surface area contributed by atoms with Gasteiger partial charge >= 0.3 is 0 Å². The van der Waals surface area contributed by atoms with Crippen molar-refractivity contribution in [3.05, 3.63) is 0 Å². The summed E-state index contributed by atoms with van der Waals surface area (Å²) in [6.45, 7) is 5.15. The van der Waals surface area contributed by atoms with E-state index in [1.807, 2.05) is 0 Å². The average molecular weight is 220 g/mol. The van der Waals surface area contributed by atoms with Crippen LogP contribution in [0.3, 0.4) is 0 Å². The Morgan fingerprint density at radius 3 is 2.93 bits per heavy atom. The molecular formula is C11H22ClNO. The molecule has 1 N–H and O–H groups in total. The Morgan fingerprint density at radius 1 is 1.50 bits per heavy atom. The molecule has 0 aromatic heterocycles. The van der Waals surface area contributed by atoms with Gasteiger partial charge in [-0.1, -0.05) is 13.3 Å². The molecule has 0 bridgehead atoms. The minimum absolute atomic E-state index is 0.588. The number of alkyl halides is 1. The Hall–Kier alpha value is 0.210. The normalized spacial score (nSPS) is 24.0. The van der Waals surface area contributed by atoms with Crippen LogP contribution in [0, 0.1) is 5.92 Å². The van der Waals surface area contributed by atoms with Crippen LogP contribution in [0.2, 0.25) is 0 Å². The highest BCUT2D eigenvalue weighted by atomic mass is 35.5. The summed E-state index contributed by atoms with van der Waals surface area (Å²) < 4.78 is 5.32. The molecule has 84 valence electrons. The van der Waals surface area contributed by atoms with Crippen molar-refractivity contribution in [3.63, 3.8) is 0 Å². The molecule has 1 rings (SSSR count). The number of hydrogen-bond donors (Lipinski definition) is 1. The number of halogens is 1. The highest BCUT2D eigenvalue weighted by molar-refractivity contribution is 6.17. The first-order valence-corrected chi connectivity index (χ1v) is 6.27. The first-order chi connectivity index (χ1) is 6.86. The molecule has 1 aliphatic heterocycles. The summed E-state index contributed by atoms with van der Waals surface area (Å²) in [6.07, 6.45) is 4.84. The quantitative estimate of drug-likeness (QED) is 0.664. The van der Waals surface area contributed by atoms with E-state index in [2.05, 4.69) is 12.2 Å². The van der Waals surface area contributed by atoms with Gasteiger partial charge in [-0.2, -0.15) is 0 Å². The summed E-state index contributed by atoms with van der Waals surface area (Å²) in [5, 5.41) is 3.57. The van der Waals surface area contributed by atoms with Crippen molar-refractivity contribution in [3.8, 4) is 0 Å². The van der Waals surface area contributed by atoms with Crippen LogP contribution >= 0.6 is 11.6 Å². The highest BCUT2D eigenvalue weighted by Crippen LogP contribution is 2.12. The molecule has 1 fully saturated rings. The molecule has 0 spiro atoms. The van der Waals surface area contributed by atoms with E-state index in [0.717, 1.165) is 38.0 Å². The Balaban J connectivity index is 2.10. The fourth-order valence-corrected chi connectivity index (χ4v) is 2.25. The molecule has 2 atom stereocenters. The topological polar surface area (TPSA) is 21.3 Å². The van der Waals surface area contributed by atoms with Crippen LogP contribution in [0.15, 0.2) is 0 Å². The first kappa shape index (κ1) is 12.3. The summed E-state index contributed by atoms with van der Waals surface area (Å²) in [7, 11) is 0. The van der Waals surface area contributed by atoms with Gasteiger partial charge in [0, 0.05) is 18.5 Å². The molecule has 0 aliphatic carbocycles. The summed E-state index contributed by atoms with van der Waals surface area (Å²) in [5.74, 6) is 1.53. The SMILES string of the molecule is CCCC(CCCl)CNC1CCOC1. The summed E-state index contributed by atoms with van der Waals surface area (Å²) >= 11 is 5.77. The van der Waals surface area contributed by atoms with Crippen molar-refractivity contribution >= 4 is 11.6 Å². The number of hydrogen-bond acceptors (Lipinski definition) is 2. The van der Waals surface area contributed by atoms with E-state index in [4.69, 9.17) is 16.3 Å². The Kier molecular flexibility index (Phi) is 6.57. The summed E-state index contributed by atoms with van der Waals surface area (Å²) in [6, 6.07) is 0.588. The van der Waals surface area contributed by atoms with Crippen molar-refractivity contribution in [1.29, 1.82) is 0 Å². The van der Waals surface area contributed by atoms with Gasteiger partial charge in [-0.3, -0.25) is 0 Å². The van der Waals surface area contributed by atoms with E-state index in [9.17, 15) is 0 Å². The third-order valence-electron chi connectivity index (χ3n) is 2.84. The van der Waals surface area contributed by atoms with Crippen molar-refractivity contribution < 1.29 is 4.74 Å². The summed E-state index contributed by atoms with van der Waals surface area (Å²) in [4.78, 5) is 0. The van der Waals surface area contributed by atoms with Crippen LogP contribution in [0.25, 0.3) is 0 Å². The average Bonchev–Trinajstić information content (AvgIpc) is 2.67. The molecule has 3 heteroatoms. The molecule has 1 saturated heterocycles. The lowest BCUT2D eigenvalue weighted by Crippen LogP contribution is -2.33. The van der Waals surface area contributed by atoms with Crippen molar-refractivity contribution in [2.75, 3.05) is 25.6 Å². The highest BCUT2D eigenvalue weighted by Gasteiger charge is 2.16. The minimum atomic E-state index is 0.588. The fraction of sp³-hybridized carbons (Fsp3) is 1.00. The lowest BCUT2D eigenvalue weighted by atomic mass is 10.0. The van der Waals surface area contributed by atoms with Gasteiger partial charge < -0.3 is 10.1 Å². The van der Waals surface area contributed by atoms with E-state index < -0.39 is 0 Å². The van der Waals surface area contributed by atoms with E-state index in [0.29, 0.717) is 6.04 Å². The van der Waals surface area contributed by atoms with Crippen LogP contribution in [0.4, 0.5) is 0 Å². The molecule has 2 nitrogen and oxygen atoms in total. The maximum atomic E-state index is 5.77. The molecule has 1 aliphatic rings. The maximum absolute atomic E-state index is 5.77. The van der Waals surface area contributed by atoms with Crippen molar-refractivity contribution in [2.24, 2.45) is 5.92 Å². The second kappa shape index (κ2) is 7.49. The standard InChI is InChI=1S/C11H22ClNO/c1-2-3-10(4-6-12)8-13-11-5-7-14-9-11/h10-11,13H,2-9H2,1H3.